The topological polar surface area (TPSA) is 138 Å². The molecule has 4 aromatic rings. The van der Waals surface area contributed by atoms with E-state index >= 15 is 0 Å². The minimum Gasteiger partial charge on any atom is -0.394 e. The highest BCUT2D eigenvalue weighted by Gasteiger charge is 2.27. The van der Waals surface area contributed by atoms with Crippen LogP contribution in [0, 0.1) is 0 Å². The van der Waals surface area contributed by atoms with Gasteiger partial charge in [0.15, 0.2) is 5.78 Å². The molecule has 10 nitrogen and oxygen atoms in total. The summed E-state index contributed by atoms with van der Waals surface area (Å²) in [5.74, 6) is -0.116. The highest BCUT2D eigenvalue weighted by molar-refractivity contribution is 6.31. The molecule has 3 unspecified atom stereocenters. The second-order valence-electron chi connectivity index (χ2n) is 11.5. The van der Waals surface area contributed by atoms with Gasteiger partial charge in [-0.2, -0.15) is 5.10 Å². The SMILES string of the molecule is CNCc1c(-c2[nH]ncc2-c2ccc(CN(C)CC(=O)C3CCC(C)N3)c(Cl)c2)c[nH]c1C(=O)NC(CO)c1ccccc1. The van der Waals surface area contributed by atoms with E-state index in [0.717, 1.165) is 51.9 Å². The van der Waals surface area contributed by atoms with Crippen LogP contribution >= 0.6 is 11.6 Å². The third-order valence-corrected chi connectivity index (χ3v) is 8.51. The number of Topliss-reactive ketones (excluding diaryl/α,β-unsaturated/α-hetero) is 1. The molecule has 2 aromatic carbocycles. The first kappa shape index (κ1) is 31.6. The van der Waals surface area contributed by atoms with Gasteiger partial charge in [0.2, 0.25) is 0 Å². The molecule has 1 aliphatic rings. The lowest BCUT2D eigenvalue weighted by Crippen LogP contribution is -2.40. The largest absolute Gasteiger partial charge is 0.394 e. The summed E-state index contributed by atoms with van der Waals surface area (Å²) in [7, 11) is 3.75. The lowest BCUT2D eigenvalue weighted by molar-refractivity contribution is -0.121. The van der Waals surface area contributed by atoms with Crippen molar-refractivity contribution in [2.45, 2.75) is 51.0 Å². The van der Waals surface area contributed by atoms with Crippen molar-refractivity contribution in [3.05, 3.63) is 88.3 Å². The average Bonchev–Trinajstić information content (AvgIpc) is 3.77. The zero-order valence-corrected chi connectivity index (χ0v) is 26.0. The Bertz CT molecular complexity index is 1590. The van der Waals surface area contributed by atoms with Crippen molar-refractivity contribution in [3.8, 4) is 22.4 Å². The number of halogens is 1. The maximum atomic E-state index is 13.4. The quantitative estimate of drug-likeness (QED) is 0.133. The van der Waals surface area contributed by atoms with E-state index in [9.17, 15) is 14.7 Å². The summed E-state index contributed by atoms with van der Waals surface area (Å²) in [5.41, 5.74) is 6.17. The summed E-state index contributed by atoms with van der Waals surface area (Å²) in [4.78, 5) is 31.2. The van der Waals surface area contributed by atoms with Crippen LogP contribution < -0.4 is 16.0 Å². The normalized spacial score (nSPS) is 17.2. The van der Waals surface area contributed by atoms with Crippen molar-refractivity contribution in [2.75, 3.05) is 27.2 Å². The van der Waals surface area contributed by atoms with E-state index in [1.54, 1.807) is 12.4 Å². The van der Waals surface area contributed by atoms with Gasteiger partial charge in [-0.05, 0) is 56.6 Å². The molecule has 3 atom stereocenters. The number of H-pyrrole nitrogens is 2. The maximum absolute atomic E-state index is 13.4. The van der Waals surface area contributed by atoms with E-state index in [-0.39, 0.29) is 24.3 Å². The Morgan fingerprint density at radius 3 is 2.64 bits per heavy atom. The van der Waals surface area contributed by atoms with Crippen molar-refractivity contribution in [2.24, 2.45) is 0 Å². The predicted octanol–water partition coefficient (Wildman–Crippen LogP) is 4.05. The van der Waals surface area contributed by atoms with Gasteiger partial charge in [-0.3, -0.25) is 19.6 Å². The van der Waals surface area contributed by atoms with Crippen LogP contribution in [0.2, 0.25) is 5.02 Å². The van der Waals surface area contributed by atoms with E-state index in [1.165, 1.54) is 0 Å². The number of benzene rings is 2. The van der Waals surface area contributed by atoms with E-state index in [4.69, 9.17) is 11.6 Å². The summed E-state index contributed by atoms with van der Waals surface area (Å²) in [6.07, 6.45) is 5.44. The molecule has 0 saturated carbocycles. The highest BCUT2D eigenvalue weighted by atomic mass is 35.5. The minimum absolute atomic E-state index is 0.0717. The first-order valence-electron chi connectivity index (χ1n) is 14.9. The lowest BCUT2D eigenvalue weighted by atomic mass is 9.98. The molecule has 1 fully saturated rings. The van der Waals surface area contributed by atoms with Crippen molar-refractivity contribution in [3.63, 3.8) is 0 Å². The van der Waals surface area contributed by atoms with Crippen molar-refractivity contribution >= 4 is 23.3 Å². The second kappa shape index (κ2) is 14.3. The summed E-state index contributed by atoms with van der Waals surface area (Å²) >= 11 is 6.77. The summed E-state index contributed by atoms with van der Waals surface area (Å²) < 4.78 is 0. The minimum atomic E-state index is -0.540. The van der Waals surface area contributed by atoms with Gasteiger partial charge in [-0.25, -0.2) is 0 Å². The molecule has 11 heteroatoms. The van der Waals surface area contributed by atoms with Crippen LogP contribution in [-0.2, 0) is 17.9 Å². The van der Waals surface area contributed by atoms with Gasteiger partial charge in [0, 0.05) is 47.0 Å². The number of hydrogen-bond donors (Lipinski definition) is 6. The number of rotatable bonds is 13. The molecule has 3 heterocycles. The molecule has 0 spiro atoms. The monoisotopic (exact) mass is 617 g/mol. The standard InChI is InChI=1S/C33H40ClN7O3/c1-20-9-12-28(38-20)30(43)18-41(3)17-23-11-10-22(13-27(23)34)24-16-37-40-31(24)26-15-36-32(25(26)14-35-2)33(44)39-29(19-42)21-7-5-4-6-8-21/h4-8,10-11,13,15-16,20,28-29,35-36,38,42H,9,12,14,17-19H2,1-3H3,(H,37,40)(H,39,44). The molecule has 2 aromatic heterocycles. The first-order valence-corrected chi connectivity index (χ1v) is 15.3. The number of hydrogen-bond acceptors (Lipinski definition) is 7. The Kier molecular flexibility index (Phi) is 10.3. The number of nitrogens with one attached hydrogen (secondary N) is 5. The molecule has 1 aliphatic heterocycles. The number of nitrogens with zero attached hydrogens (tertiary/aromatic N) is 2. The highest BCUT2D eigenvalue weighted by Crippen LogP contribution is 2.35. The smallest absolute Gasteiger partial charge is 0.268 e. The molecule has 0 radical (unpaired) electrons. The van der Waals surface area contributed by atoms with Crippen LogP contribution in [0.15, 0.2) is 60.9 Å². The Morgan fingerprint density at radius 1 is 1.16 bits per heavy atom. The molecular formula is C33H40ClN7O3. The zero-order chi connectivity index (χ0) is 31.2. The molecule has 1 saturated heterocycles. The Morgan fingerprint density at radius 2 is 1.95 bits per heavy atom. The number of ketones is 1. The number of aromatic nitrogens is 3. The molecule has 1 amide bonds. The fraction of sp³-hybridized carbons (Fsp3) is 0.364. The van der Waals surface area contributed by atoms with Gasteiger partial charge in [0.1, 0.15) is 5.69 Å². The summed E-state index contributed by atoms with van der Waals surface area (Å²) in [5, 5.41) is 27.5. The summed E-state index contributed by atoms with van der Waals surface area (Å²) in [6, 6.07) is 15.0. The van der Waals surface area contributed by atoms with Crippen LogP contribution in [0.1, 0.15) is 53.0 Å². The molecule has 5 rings (SSSR count). The number of likely N-dealkylation sites (N-methyl/N-ethyl adjacent to an activating group) is 1. The number of aromatic amines is 2. The fourth-order valence-corrected chi connectivity index (χ4v) is 6.09. The third-order valence-electron chi connectivity index (χ3n) is 8.16. The van der Waals surface area contributed by atoms with Gasteiger partial charge >= 0.3 is 0 Å². The fourth-order valence-electron chi connectivity index (χ4n) is 5.85. The van der Waals surface area contributed by atoms with Gasteiger partial charge in [0.25, 0.3) is 5.91 Å². The molecule has 232 valence electrons. The van der Waals surface area contributed by atoms with Crippen LogP contribution in [0.4, 0.5) is 0 Å². The molecular weight excluding hydrogens is 578 g/mol. The van der Waals surface area contributed by atoms with Crippen LogP contribution in [0.5, 0.6) is 0 Å². The van der Waals surface area contributed by atoms with E-state index in [2.05, 4.69) is 38.1 Å². The van der Waals surface area contributed by atoms with Crippen LogP contribution in [0.3, 0.4) is 0 Å². The van der Waals surface area contributed by atoms with Gasteiger partial charge in [-0.1, -0.05) is 54.1 Å². The van der Waals surface area contributed by atoms with E-state index < -0.39 is 6.04 Å². The Labute approximate surface area is 262 Å². The number of carbonyl (C=O) groups excluding carboxylic acids is 2. The lowest BCUT2D eigenvalue weighted by Gasteiger charge is -2.19. The van der Waals surface area contributed by atoms with Crippen molar-refractivity contribution < 1.29 is 14.7 Å². The third kappa shape index (κ3) is 7.11. The van der Waals surface area contributed by atoms with Crippen LogP contribution in [-0.4, -0.2) is 76.2 Å². The number of aliphatic hydroxyl groups excluding tert-OH is 1. The number of carbonyl (C=O) groups is 2. The van der Waals surface area contributed by atoms with Gasteiger partial charge < -0.3 is 26.0 Å². The Hall–Kier alpha value is -3.80. The molecule has 44 heavy (non-hydrogen) atoms. The van der Waals surface area contributed by atoms with E-state index in [0.29, 0.717) is 36.4 Å². The first-order chi connectivity index (χ1) is 21.3. The van der Waals surface area contributed by atoms with Crippen LogP contribution in [0.25, 0.3) is 22.4 Å². The number of aliphatic hydroxyl groups is 1. The molecule has 0 bridgehead atoms. The van der Waals surface area contributed by atoms with Gasteiger partial charge in [-0.15, -0.1) is 0 Å². The van der Waals surface area contributed by atoms with Gasteiger partial charge in [0.05, 0.1) is 37.1 Å². The second-order valence-corrected chi connectivity index (χ2v) is 11.9. The molecule has 6 N–H and O–H groups in total. The van der Waals surface area contributed by atoms with E-state index in [1.807, 2.05) is 67.5 Å². The Balaban J connectivity index is 1.33. The zero-order valence-electron chi connectivity index (χ0n) is 25.3. The number of amides is 1. The maximum Gasteiger partial charge on any atom is 0.268 e. The predicted molar refractivity (Wildman–Crippen MR) is 172 cm³/mol. The summed E-state index contributed by atoms with van der Waals surface area (Å²) in [6.45, 7) is 3.21. The van der Waals surface area contributed by atoms with Crippen molar-refractivity contribution in [1.29, 1.82) is 0 Å². The average molecular weight is 618 g/mol. The molecule has 0 aliphatic carbocycles. The van der Waals surface area contributed by atoms with Crippen molar-refractivity contribution in [1.82, 2.24) is 36.0 Å².